The Balaban J connectivity index is 1.81. The van der Waals surface area contributed by atoms with E-state index in [1.165, 1.54) is 5.56 Å². The number of hydrogen-bond acceptors (Lipinski definition) is 2. The number of nitrogens with one attached hydrogen (secondary N) is 1. The van der Waals surface area contributed by atoms with Crippen LogP contribution in [0, 0.1) is 6.92 Å². The summed E-state index contributed by atoms with van der Waals surface area (Å²) in [5.74, 6) is 0.497. The number of amides is 1. The first-order chi connectivity index (χ1) is 13.1. The molecule has 0 saturated carbocycles. The summed E-state index contributed by atoms with van der Waals surface area (Å²) in [6.45, 7) is 2.04. The Bertz CT molecular complexity index is 995. The van der Waals surface area contributed by atoms with Gasteiger partial charge in [0.15, 0.2) is 5.54 Å². The summed E-state index contributed by atoms with van der Waals surface area (Å²) in [5.41, 5.74) is 2.96. The van der Waals surface area contributed by atoms with E-state index >= 15 is 0 Å². The Morgan fingerprint density at radius 3 is 2.26 bits per heavy atom. The molecule has 0 aliphatic carbocycles. The quantitative estimate of drug-likeness (QED) is 0.708. The maximum Gasteiger partial charge on any atom is 0.258 e. The molecule has 1 unspecified atom stereocenters. The fraction of sp³-hybridized carbons (Fsp3) is 0.130. The third-order valence-corrected chi connectivity index (χ3v) is 5.11. The zero-order valence-electron chi connectivity index (χ0n) is 14.9. The number of nitrogens with zero attached hydrogens (tertiary/aromatic N) is 1. The van der Waals surface area contributed by atoms with Crippen LogP contribution in [0.1, 0.15) is 22.3 Å². The van der Waals surface area contributed by atoms with Gasteiger partial charge in [-0.3, -0.25) is 4.79 Å². The van der Waals surface area contributed by atoms with Crippen molar-refractivity contribution in [2.75, 3.05) is 0 Å². The van der Waals surface area contributed by atoms with Crippen LogP contribution < -0.4 is 5.32 Å². The molecule has 3 nitrogen and oxygen atoms in total. The van der Waals surface area contributed by atoms with Crippen LogP contribution in [0.25, 0.3) is 0 Å². The molecule has 0 bridgehead atoms. The van der Waals surface area contributed by atoms with E-state index in [0.29, 0.717) is 17.3 Å². The first-order valence-electron chi connectivity index (χ1n) is 8.85. The number of aliphatic imine (C=N–C) groups is 1. The van der Waals surface area contributed by atoms with Gasteiger partial charge < -0.3 is 5.32 Å². The molecule has 1 amide bonds. The molecule has 0 fully saturated rings. The number of hydrogen-bond donors (Lipinski definition) is 1. The molecule has 0 aromatic heterocycles. The van der Waals surface area contributed by atoms with E-state index in [0.717, 1.165) is 16.7 Å². The van der Waals surface area contributed by atoms with Crippen molar-refractivity contribution in [3.63, 3.8) is 0 Å². The van der Waals surface area contributed by atoms with Crippen LogP contribution in [-0.2, 0) is 16.8 Å². The maximum absolute atomic E-state index is 13.2. The Labute approximate surface area is 163 Å². The lowest BCUT2D eigenvalue weighted by atomic mass is 9.84. The van der Waals surface area contributed by atoms with Crippen molar-refractivity contribution >= 4 is 23.3 Å². The highest BCUT2D eigenvalue weighted by Crippen LogP contribution is 2.35. The Hall–Kier alpha value is -2.91. The first kappa shape index (κ1) is 17.5. The predicted molar refractivity (Wildman–Crippen MR) is 109 cm³/mol. The summed E-state index contributed by atoms with van der Waals surface area (Å²) >= 11 is 6.02. The smallest absolute Gasteiger partial charge is 0.258 e. The number of amidine groups is 1. The molecule has 0 radical (unpaired) electrons. The molecular formula is C23H19ClN2O. The minimum absolute atomic E-state index is 0.112. The van der Waals surface area contributed by atoms with Gasteiger partial charge in [-0.1, -0.05) is 83.9 Å². The van der Waals surface area contributed by atoms with Gasteiger partial charge in [0.1, 0.15) is 5.84 Å². The maximum atomic E-state index is 13.2. The highest BCUT2D eigenvalue weighted by Gasteiger charge is 2.45. The van der Waals surface area contributed by atoms with E-state index in [1.54, 1.807) is 0 Å². The van der Waals surface area contributed by atoms with Gasteiger partial charge in [-0.15, -0.1) is 0 Å². The third kappa shape index (κ3) is 3.38. The molecule has 4 heteroatoms. The fourth-order valence-electron chi connectivity index (χ4n) is 3.36. The van der Waals surface area contributed by atoms with Gasteiger partial charge in [0.25, 0.3) is 5.91 Å². The van der Waals surface area contributed by atoms with Gasteiger partial charge in [-0.2, -0.15) is 0 Å². The largest absolute Gasteiger partial charge is 0.308 e. The van der Waals surface area contributed by atoms with E-state index in [4.69, 9.17) is 16.6 Å². The Morgan fingerprint density at radius 2 is 1.59 bits per heavy atom. The van der Waals surface area contributed by atoms with E-state index in [-0.39, 0.29) is 5.91 Å². The third-order valence-electron chi connectivity index (χ3n) is 4.86. The molecule has 3 aromatic carbocycles. The van der Waals surface area contributed by atoms with Crippen LogP contribution in [0.4, 0.5) is 0 Å². The summed E-state index contributed by atoms with van der Waals surface area (Å²) in [7, 11) is 0. The van der Waals surface area contributed by atoms with Gasteiger partial charge in [-0.05, 0) is 30.2 Å². The van der Waals surface area contributed by atoms with E-state index in [9.17, 15) is 4.79 Å². The summed E-state index contributed by atoms with van der Waals surface area (Å²) < 4.78 is 0. The number of carbonyl (C=O) groups excluding carboxylic acids is 1. The zero-order valence-corrected chi connectivity index (χ0v) is 15.7. The van der Waals surface area contributed by atoms with Crippen molar-refractivity contribution in [3.05, 3.63) is 106 Å². The molecule has 1 atom stereocenters. The van der Waals surface area contributed by atoms with Crippen LogP contribution in [0.5, 0.6) is 0 Å². The molecule has 1 aliphatic heterocycles. The molecule has 3 aromatic rings. The molecule has 0 spiro atoms. The van der Waals surface area contributed by atoms with Gasteiger partial charge in [0, 0.05) is 17.0 Å². The monoisotopic (exact) mass is 374 g/mol. The van der Waals surface area contributed by atoms with Crippen molar-refractivity contribution in [2.24, 2.45) is 4.99 Å². The van der Waals surface area contributed by atoms with Crippen LogP contribution in [0.2, 0.25) is 5.02 Å². The molecule has 134 valence electrons. The van der Waals surface area contributed by atoms with Crippen LogP contribution in [0.3, 0.4) is 0 Å². The van der Waals surface area contributed by atoms with Crippen molar-refractivity contribution < 1.29 is 4.79 Å². The van der Waals surface area contributed by atoms with E-state index < -0.39 is 5.54 Å². The summed E-state index contributed by atoms with van der Waals surface area (Å²) in [4.78, 5) is 18.1. The molecule has 1 aliphatic rings. The lowest BCUT2D eigenvalue weighted by Gasteiger charge is -2.24. The van der Waals surface area contributed by atoms with Gasteiger partial charge >= 0.3 is 0 Å². The normalized spacial score (nSPS) is 18.9. The van der Waals surface area contributed by atoms with Crippen LogP contribution in [0.15, 0.2) is 83.9 Å². The number of aryl methyl sites for hydroxylation is 1. The molecule has 0 saturated heterocycles. The Kier molecular flexibility index (Phi) is 4.54. The number of halogens is 1. The number of benzene rings is 3. The van der Waals surface area contributed by atoms with Crippen LogP contribution >= 0.6 is 11.6 Å². The SMILES string of the molecule is Cc1ccc(C2=NC(Cc3ccc(Cl)cc3)(c3ccccc3)C(=O)N2)cc1. The lowest BCUT2D eigenvalue weighted by molar-refractivity contribution is -0.124. The highest BCUT2D eigenvalue weighted by molar-refractivity contribution is 6.30. The minimum atomic E-state index is -0.991. The van der Waals surface area contributed by atoms with E-state index in [2.05, 4.69) is 5.32 Å². The summed E-state index contributed by atoms with van der Waals surface area (Å²) in [5, 5.41) is 3.67. The second kappa shape index (κ2) is 7.01. The topological polar surface area (TPSA) is 41.5 Å². The predicted octanol–water partition coefficient (Wildman–Crippen LogP) is 4.66. The molecule has 4 rings (SSSR count). The average molecular weight is 375 g/mol. The Morgan fingerprint density at radius 1 is 0.926 bits per heavy atom. The lowest BCUT2D eigenvalue weighted by Crippen LogP contribution is -2.39. The molecule has 1 heterocycles. The summed E-state index contributed by atoms with van der Waals surface area (Å²) in [6, 6.07) is 25.3. The van der Waals surface area contributed by atoms with E-state index in [1.807, 2.05) is 85.8 Å². The average Bonchev–Trinajstić information content (AvgIpc) is 3.02. The number of carbonyl (C=O) groups is 1. The molecule has 1 N–H and O–H groups in total. The van der Waals surface area contributed by atoms with Gasteiger partial charge in [-0.25, -0.2) is 4.99 Å². The second-order valence-electron chi connectivity index (χ2n) is 6.81. The second-order valence-corrected chi connectivity index (χ2v) is 7.25. The first-order valence-corrected chi connectivity index (χ1v) is 9.23. The minimum Gasteiger partial charge on any atom is -0.308 e. The van der Waals surface area contributed by atoms with Crippen molar-refractivity contribution in [3.8, 4) is 0 Å². The van der Waals surface area contributed by atoms with Gasteiger partial charge in [0.05, 0.1) is 0 Å². The summed E-state index contributed by atoms with van der Waals surface area (Å²) in [6.07, 6.45) is 0.468. The van der Waals surface area contributed by atoms with Crippen molar-refractivity contribution in [1.82, 2.24) is 5.32 Å². The van der Waals surface area contributed by atoms with Gasteiger partial charge in [0.2, 0.25) is 0 Å². The highest BCUT2D eigenvalue weighted by atomic mass is 35.5. The molecule has 27 heavy (non-hydrogen) atoms. The number of rotatable bonds is 4. The fourth-order valence-corrected chi connectivity index (χ4v) is 3.48. The standard InChI is InChI=1S/C23H19ClN2O/c1-16-7-11-18(12-8-16)21-25-22(27)23(26-21,19-5-3-2-4-6-19)15-17-9-13-20(24)14-10-17/h2-14H,15H2,1H3,(H,25,26,27). The van der Waals surface area contributed by atoms with Crippen molar-refractivity contribution in [1.29, 1.82) is 0 Å². The van der Waals surface area contributed by atoms with Crippen LogP contribution in [-0.4, -0.2) is 11.7 Å². The van der Waals surface area contributed by atoms with Crippen molar-refractivity contribution in [2.45, 2.75) is 18.9 Å². The molecular weight excluding hydrogens is 356 g/mol. The zero-order chi connectivity index (χ0) is 18.9.